The molecule has 5 nitrogen and oxygen atoms in total. The van der Waals surface area contributed by atoms with Gasteiger partial charge in [0.25, 0.3) is 10.0 Å². The van der Waals surface area contributed by atoms with Crippen LogP contribution in [0.5, 0.6) is 0 Å². The third-order valence-corrected chi connectivity index (χ3v) is 4.58. The smallest absolute Gasteiger partial charge is 0.335 e. The van der Waals surface area contributed by atoms with Crippen molar-refractivity contribution >= 4 is 10.0 Å². The highest BCUT2D eigenvalue weighted by Gasteiger charge is 2.30. The number of hydrogen-bond donors (Lipinski definition) is 1. The summed E-state index contributed by atoms with van der Waals surface area (Å²) in [5.41, 5.74) is -0.320. The minimum atomic E-state index is -4.41. The number of nitrogens with one attached hydrogen (secondary N) is 1. The average Bonchev–Trinajstić information content (AvgIpc) is 2.92. The number of rotatable bonds is 4. The summed E-state index contributed by atoms with van der Waals surface area (Å²) in [7, 11) is -2.40. The van der Waals surface area contributed by atoms with Crippen molar-refractivity contribution in [2.75, 3.05) is 7.05 Å². The van der Waals surface area contributed by atoms with Gasteiger partial charge >= 0.3 is 6.18 Å². The van der Waals surface area contributed by atoms with Crippen LogP contribution < -0.4 is 0 Å². The van der Waals surface area contributed by atoms with Gasteiger partial charge in [-0.15, -0.1) is 0 Å². The number of aromatic amines is 1. The zero-order valence-electron chi connectivity index (χ0n) is 10.9. The number of hydrogen-bond acceptors (Lipinski definition) is 3. The Morgan fingerprint density at radius 2 is 1.86 bits per heavy atom. The van der Waals surface area contributed by atoms with E-state index >= 15 is 0 Å². The van der Waals surface area contributed by atoms with E-state index in [1.54, 1.807) is 0 Å². The Hall–Kier alpha value is -1.87. The molecule has 2 rings (SSSR count). The molecule has 0 fully saturated rings. The second-order valence-electron chi connectivity index (χ2n) is 4.37. The Kier molecular flexibility index (Phi) is 4.06. The van der Waals surface area contributed by atoms with Crippen molar-refractivity contribution < 1.29 is 21.6 Å². The predicted molar refractivity (Wildman–Crippen MR) is 68.7 cm³/mol. The van der Waals surface area contributed by atoms with Crippen LogP contribution in [0.15, 0.2) is 41.8 Å². The van der Waals surface area contributed by atoms with Crippen molar-refractivity contribution in [1.29, 1.82) is 0 Å². The minimum absolute atomic E-state index is 0.0422. The van der Waals surface area contributed by atoms with Gasteiger partial charge in [0.15, 0.2) is 5.03 Å². The number of benzene rings is 1. The summed E-state index contributed by atoms with van der Waals surface area (Å²) in [4.78, 5) is 6.11. The molecule has 1 N–H and O–H groups in total. The summed E-state index contributed by atoms with van der Waals surface area (Å²) in [6.45, 7) is -0.0422. The number of aromatic nitrogens is 2. The molecule has 0 radical (unpaired) electrons. The lowest BCUT2D eigenvalue weighted by Crippen LogP contribution is -2.26. The maximum Gasteiger partial charge on any atom is 0.416 e. The van der Waals surface area contributed by atoms with Crippen LogP contribution in [0.1, 0.15) is 11.1 Å². The second kappa shape index (κ2) is 5.49. The summed E-state index contributed by atoms with van der Waals surface area (Å²) in [6.07, 6.45) is -2.01. The lowest BCUT2D eigenvalue weighted by atomic mass is 10.1. The predicted octanol–water partition coefficient (Wildman–Crippen LogP) is 2.25. The minimum Gasteiger partial charge on any atom is -0.335 e. The van der Waals surface area contributed by atoms with Gasteiger partial charge in [-0.25, -0.2) is 13.4 Å². The van der Waals surface area contributed by atoms with Gasteiger partial charge in [-0.1, -0.05) is 12.1 Å². The topological polar surface area (TPSA) is 66.1 Å². The molecule has 1 heterocycles. The van der Waals surface area contributed by atoms with Crippen LogP contribution in [0.3, 0.4) is 0 Å². The quantitative estimate of drug-likeness (QED) is 0.940. The zero-order chi connectivity index (χ0) is 15.7. The van der Waals surface area contributed by atoms with Crippen LogP contribution in [0.25, 0.3) is 0 Å². The third-order valence-electron chi connectivity index (χ3n) is 2.85. The maximum atomic E-state index is 12.4. The molecule has 0 aliphatic heterocycles. The van der Waals surface area contributed by atoms with E-state index < -0.39 is 21.8 Å². The summed E-state index contributed by atoms with van der Waals surface area (Å²) in [5.74, 6) is 0. The fourth-order valence-corrected chi connectivity index (χ4v) is 2.74. The van der Waals surface area contributed by atoms with E-state index in [1.165, 1.54) is 31.7 Å². The zero-order valence-corrected chi connectivity index (χ0v) is 11.7. The fraction of sp³-hybridized carbons (Fsp3) is 0.250. The number of alkyl halides is 3. The van der Waals surface area contributed by atoms with Gasteiger partial charge in [0.2, 0.25) is 0 Å². The maximum absolute atomic E-state index is 12.4. The highest BCUT2D eigenvalue weighted by Crippen LogP contribution is 2.29. The van der Waals surface area contributed by atoms with E-state index in [2.05, 4.69) is 9.97 Å². The Labute approximate surface area is 119 Å². The van der Waals surface area contributed by atoms with Crippen LogP contribution >= 0.6 is 0 Å². The fourth-order valence-electron chi connectivity index (χ4n) is 1.69. The van der Waals surface area contributed by atoms with Crippen LogP contribution in [-0.4, -0.2) is 29.7 Å². The molecule has 9 heteroatoms. The third kappa shape index (κ3) is 3.42. The van der Waals surface area contributed by atoms with Crippen molar-refractivity contribution in [2.45, 2.75) is 17.7 Å². The van der Waals surface area contributed by atoms with Gasteiger partial charge in [0, 0.05) is 13.6 Å². The molecule has 2 aromatic rings. The molecule has 0 aliphatic rings. The number of H-pyrrole nitrogens is 1. The first-order chi connectivity index (χ1) is 9.71. The number of sulfonamides is 1. The molecule has 0 amide bonds. The molecule has 1 aromatic heterocycles. The normalized spacial score (nSPS) is 12.8. The number of nitrogens with zero attached hydrogens (tertiary/aromatic N) is 2. The van der Waals surface area contributed by atoms with Crippen LogP contribution in [-0.2, 0) is 22.7 Å². The van der Waals surface area contributed by atoms with E-state index in [9.17, 15) is 21.6 Å². The van der Waals surface area contributed by atoms with Gasteiger partial charge in [0.05, 0.1) is 18.1 Å². The molecule has 1 aromatic carbocycles. The molecule has 21 heavy (non-hydrogen) atoms. The molecule has 0 saturated heterocycles. The van der Waals surface area contributed by atoms with E-state index in [4.69, 9.17) is 0 Å². The molecule has 0 spiro atoms. The Balaban J connectivity index is 2.15. The van der Waals surface area contributed by atoms with Crippen molar-refractivity contribution in [1.82, 2.24) is 14.3 Å². The summed E-state index contributed by atoms with van der Waals surface area (Å²) < 4.78 is 62.5. The van der Waals surface area contributed by atoms with E-state index in [-0.39, 0.29) is 11.6 Å². The highest BCUT2D eigenvalue weighted by atomic mass is 32.2. The van der Waals surface area contributed by atoms with Gasteiger partial charge in [-0.2, -0.15) is 17.5 Å². The highest BCUT2D eigenvalue weighted by molar-refractivity contribution is 7.89. The largest absolute Gasteiger partial charge is 0.416 e. The molecule has 0 unspecified atom stereocenters. The van der Waals surface area contributed by atoms with Crippen molar-refractivity contribution in [3.8, 4) is 0 Å². The first kappa shape index (κ1) is 15.5. The molecule has 0 saturated carbocycles. The lowest BCUT2D eigenvalue weighted by molar-refractivity contribution is -0.137. The average molecular weight is 319 g/mol. The Morgan fingerprint density at radius 1 is 1.24 bits per heavy atom. The SMILES string of the molecule is CN(Cc1ccc(C(F)(F)F)cc1)S(=O)(=O)c1cnc[nH]1. The van der Waals surface area contributed by atoms with Gasteiger partial charge in [-0.3, -0.25) is 0 Å². The second-order valence-corrected chi connectivity index (χ2v) is 6.38. The molecule has 0 aliphatic carbocycles. The number of imidazole rings is 1. The molecule has 0 atom stereocenters. The Bertz CT molecular complexity index is 694. The van der Waals surface area contributed by atoms with Crippen molar-refractivity contribution in [2.24, 2.45) is 0 Å². The molecule has 114 valence electrons. The van der Waals surface area contributed by atoms with Crippen molar-refractivity contribution in [3.05, 3.63) is 47.9 Å². The first-order valence-electron chi connectivity index (χ1n) is 5.82. The standard InChI is InChI=1S/C12H12F3N3O2S/c1-18(21(19,20)11-6-16-8-17-11)7-9-2-4-10(5-3-9)12(13,14)15/h2-6,8H,7H2,1H3,(H,16,17). The van der Waals surface area contributed by atoms with Crippen LogP contribution in [0.2, 0.25) is 0 Å². The summed E-state index contributed by atoms with van der Waals surface area (Å²) in [6, 6.07) is 4.35. The lowest BCUT2D eigenvalue weighted by Gasteiger charge is -2.16. The van der Waals surface area contributed by atoms with E-state index in [0.29, 0.717) is 5.56 Å². The molecular weight excluding hydrogens is 307 g/mol. The van der Waals surface area contributed by atoms with Crippen molar-refractivity contribution in [3.63, 3.8) is 0 Å². The van der Waals surface area contributed by atoms with Gasteiger partial charge < -0.3 is 4.98 Å². The first-order valence-corrected chi connectivity index (χ1v) is 7.26. The summed E-state index contributed by atoms with van der Waals surface area (Å²) >= 11 is 0. The Morgan fingerprint density at radius 3 is 2.33 bits per heavy atom. The molecular formula is C12H12F3N3O2S. The van der Waals surface area contributed by atoms with Crippen LogP contribution in [0, 0.1) is 0 Å². The monoisotopic (exact) mass is 319 g/mol. The van der Waals surface area contributed by atoms with Gasteiger partial charge in [0.1, 0.15) is 0 Å². The van der Waals surface area contributed by atoms with Gasteiger partial charge in [-0.05, 0) is 17.7 Å². The van der Waals surface area contributed by atoms with E-state index in [0.717, 1.165) is 16.4 Å². The van der Waals surface area contributed by atoms with E-state index in [1.807, 2.05) is 0 Å². The van der Waals surface area contributed by atoms with Crippen LogP contribution in [0.4, 0.5) is 13.2 Å². The molecule has 0 bridgehead atoms. The number of halogens is 3. The summed E-state index contributed by atoms with van der Waals surface area (Å²) in [5, 5.41) is -0.0723.